The van der Waals surface area contributed by atoms with Gasteiger partial charge in [-0.15, -0.1) is 0 Å². The van der Waals surface area contributed by atoms with Crippen molar-refractivity contribution < 1.29 is 4.79 Å². The fourth-order valence-corrected chi connectivity index (χ4v) is 2.31. The second-order valence-corrected chi connectivity index (χ2v) is 5.16. The van der Waals surface area contributed by atoms with Crippen molar-refractivity contribution in [3.05, 3.63) is 77.0 Å². The number of rotatable bonds is 3. The van der Waals surface area contributed by atoms with Crippen LogP contribution in [0.3, 0.4) is 0 Å². The monoisotopic (exact) mass is 302 g/mol. The Labute approximate surface area is 133 Å². The molecule has 112 valence electrons. The highest BCUT2D eigenvalue weighted by atomic mass is 16.1. The standard InChI is InChI=1S/C18H14N4O/c1-12-7-9-13(10-8-12)17(23)16-15(11-19)18(20)22(21-16)14-5-3-2-4-6-14/h2-10H,20H2,1H3. The second kappa shape index (κ2) is 5.78. The predicted octanol–water partition coefficient (Wildman–Crippen LogP) is 2.87. The molecule has 0 aliphatic heterocycles. The summed E-state index contributed by atoms with van der Waals surface area (Å²) in [5.41, 5.74) is 8.40. The third kappa shape index (κ3) is 2.58. The van der Waals surface area contributed by atoms with Gasteiger partial charge in [-0.05, 0) is 19.1 Å². The van der Waals surface area contributed by atoms with Crippen LogP contribution in [-0.4, -0.2) is 15.6 Å². The van der Waals surface area contributed by atoms with Crippen molar-refractivity contribution >= 4 is 11.6 Å². The van der Waals surface area contributed by atoms with Gasteiger partial charge in [-0.25, -0.2) is 4.68 Å². The fraction of sp³-hybridized carbons (Fsp3) is 0.0556. The number of hydrogen-bond acceptors (Lipinski definition) is 4. The Kier molecular flexibility index (Phi) is 3.65. The SMILES string of the molecule is Cc1ccc(C(=O)c2nn(-c3ccccc3)c(N)c2C#N)cc1. The zero-order chi connectivity index (χ0) is 16.4. The molecule has 5 nitrogen and oxygen atoms in total. The first-order chi connectivity index (χ1) is 11.1. The number of nitrogen functional groups attached to an aromatic ring is 1. The van der Waals surface area contributed by atoms with Crippen LogP contribution in [0.1, 0.15) is 27.2 Å². The maximum Gasteiger partial charge on any atom is 0.214 e. The molecule has 2 N–H and O–H groups in total. The van der Waals surface area contributed by atoms with E-state index in [2.05, 4.69) is 5.10 Å². The number of aromatic nitrogens is 2. The highest BCUT2D eigenvalue weighted by Gasteiger charge is 2.23. The molecule has 0 bridgehead atoms. The van der Waals surface area contributed by atoms with Crippen LogP contribution in [0.4, 0.5) is 5.82 Å². The zero-order valence-electron chi connectivity index (χ0n) is 12.5. The number of ketones is 1. The Morgan fingerprint density at radius 3 is 2.39 bits per heavy atom. The van der Waals surface area contributed by atoms with Gasteiger partial charge in [0.15, 0.2) is 5.69 Å². The molecule has 0 unspecified atom stereocenters. The molecule has 5 heteroatoms. The number of carbonyl (C=O) groups is 1. The first-order valence-corrected chi connectivity index (χ1v) is 7.07. The summed E-state index contributed by atoms with van der Waals surface area (Å²) in [6.45, 7) is 1.94. The molecule has 1 heterocycles. The number of anilines is 1. The van der Waals surface area contributed by atoms with Gasteiger partial charge in [-0.2, -0.15) is 10.4 Å². The first-order valence-electron chi connectivity index (χ1n) is 7.07. The minimum atomic E-state index is -0.317. The van der Waals surface area contributed by atoms with E-state index in [1.807, 2.05) is 55.5 Å². The molecule has 0 aliphatic carbocycles. The molecule has 0 radical (unpaired) electrons. The van der Waals surface area contributed by atoms with Gasteiger partial charge in [0.25, 0.3) is 0 Å². The Hall–Kier alpha value is -3.39. The van der Waals surface area contributed by atoms with Crippen LogP contribution in [-0.2, 0) is 0 Å². The molecule has 0 atom stereocenters. The Morgan fingerprint density at radius 1 is 1.13 bits per heavy atom. The van der Waals surface area contributed by atoms with Crippen molar-refractivity contribution in [1.29, 1.82) is 5.26 Å². The van der Waals surface area contributed by atoms with Gasteiger partial charge in [-0.1, -0.05) is 48.0 Å². The van der Waals surface area contributed by atoms with Crippen LogP contribution in [0.5, 0.6) is 0 Å². The van der Waals surface area contributed by atoms with E-state index in [9.17, 15) is 10.1 Å². The van der Waals surface area contributed by atoms with E-state index in [1.54, 1.807) is 12.1 Å². The van der Waals surface area contributed by atoms with Gasteiger partial charge in [-0.3, -0.25) is 4.79 Å². The van der Waals surface area contributed by atoms with Crippen molar-refractivity contribution in [2.24, 2.45) is 0 Å². The lowest BCUT2D eigenvalue weighted by atomic mass is 10.0. The molecule has 2 aromatic carbocycles. The first kappa shape index (κ1) is 14.5. The summed E-state index contributed by atoms with van der Waals surface area (Å²) in [6, 6.07) is 18.3. The molecule has 0 aliphatic rings. The molecule has 3 rings (SSSR count). The van der Waals surface area contributed by atoms with Crippen molar-refractivity contribution in [2.45, 2.75) is 6.92 Å². The van der Waals surface area contributed by atoms with Crippen LogP contribution in [0, 0.1) is 18.3 Å². The van der Waals surface area contributed by atoms with Gasteiger partial charge in [0.05, 0.1) is 5.69 Å². The van der Waals surface area contributed by atoms with E-state index < -0.39 is 0 Å². The normalized spacial score (nSPS) is 10.3. The van der Waals surface area contributed by atoms with Crippen LogP contribution < -0.4 is 5.73 Å². The smallest absolute Gasteiger partial charge is 0.214 e. The Morgan fingerprint density at radius 2 is 1.78 bits per heavy atom. The van der Waals surface area contributed by atoms with E-state index in [0.717, 1.165) is 5.56 Å². The molecule has 3 aromatic rings. The minimum absolute atomic E-state index is 0.0673. The van der Waals surface area contributed by atoms with Crippen LogP contribution >= 0.6 is 0 Å². The number of hydrogen-bond donors (Lipinski definition) is 1. The number of nitrogens with zero attached hydrogens (tertiary/aromatic N) is 3. The third-order valence-corrected chi connectivity index (χ3v) is 3.56. The summed E-state index contributed by atoms with van der Waals surface area (Å²) in [5.74, 6) is -0.155. The molecular weight excluding hydrogens is 288 g/mol. The lowest BCUT2D eigenvalue weighted by Crippen LogP contribution is -2.05. The number of para-hydroxylation sites is 1. The van der Waals surface area contributed by atoms with E-state index in [1.165, 1.54) is 4.68 Å². The minimum Gasteiger partial charge on any atom is -0.382 e. The highest BCUT2D eigenvalue weighted by molar-refractivity contribution is 6.09. The highest BCUT2D eigenvalue weighted by Crippen LogP contribution is 2.22. The summed E-state index contributed by atoms with van der Waals surface area (Å²) < 4.78 is 1.42. The van der Waals surface area contributed by atoms with Crippen molar-refractivity contribution in [1.82, 2.24) is 9.78 Å². The molecule has 0 saturated carbocycles. The maximum atomic E-state index is 12.7. The quantitative estimate of drug-likeness (QED) is 0.754. The number of benzene rings is 2. The molecule has 0 spiro atoms. The topological polar surface area (TPSA) is 84.7 Å². The largest absolute Gasteiger partial charge is 0.382 e. The lowest BCUT2D eigenvalue weighted by Gasteiger charge is -2.02. The summed E-state index contributed by atoms with van der Waals surface area (Å²) in [7, 11) is 0. The third-order valence-electron chi connectivity index (χ3n) is 3.56. The summed E-state index contributed by atoms with van der Waals surface area (Å²) >= 11 is 0. The number of aryl methyl sites for hydroxylation is 1. The summed E-state index contributed by atoms with van der Waals surface area (Å²) in [4.78, 5) is 12.7. The van der Waals surface area contributed by atoms with Gasteiger partial charge in [0, 0.05) is 5.56 Å². The van der Waals surface area contributed by atoms with Crippen LogP contribution in [0.25, 0.3) is 5.69 Å². The maximum absolute atomic E-state index is 12.7. The number of nitriles is 1. The lowest BCUT2D eigenvalue weighted by molar-refractivity contribution is 0.103. The summed E-state index contributed by atoms with van der Waals surface area (Å²) in [5, 5.41) is 13.6. The number of carbonyl (C=O) groups excluding carboxylic acids is 1. The van der Waals surface area contributed by atoms with Gasteiger partial charge in [0.1, 0.15) is 17.5 Å². The molecule has 0 saturated heterocycles. The van der Waals surface area contributed by atoms with Crippen LogP contribution in [0.2, 0.25) is 0 Å². The summed E-state index contributed by atoms with van der Waals surface area (Å²) in [6.07, 6.45) is 0. The van der Waals surface area contributed by atoms with Crippen LogP contribution in [0.15, 0.2) is 54.6 Å². The average molecular weight is 302 g/mol. The molecular formula is C18H14N4O. The van der Waals surface area contributed by atoms with Gasteiger partial charge >= 0.3 is 0 Å². The fourth-order valence-electron chi connectivity index (χ4n) is 2.31. The second-order valence-electron chi connectivity index (χ2n) is 5.16. The van der Waals surface area contributed by atoms with E-state index in [4.69, 9.17) is 5.73 Å². The number of nitrogens with two attached hydrogens (primary N) is 1. The molecule has 23 heavy (non-hydrogen) atoms. The van der Waals surface area contributed by atoms with E-state index in [-0.39, 0.29) is 22.9 Å². The average Bonchev–Trinajstić information content (AvgIpc) is 2.92. The van der Waals surface area contributed by atoms with Crippen molar-refractivity contribution in [3.63, 3.8) is 0 Å². The predicted molar refractivity (Wildman–Crippen MR) is 87.3 cm³/mol. The zero-order valence-corrected chi connectivity index (χ0v) is 12.5. The Balaban J connectivity index is 2.11. The van der Waals surface area contributed by atoms with E-state index >= 15 is 0 Å². The van der Waals surface area contributed by atoms with E-state index in [0.29, 0.717) is 11.3 Å². The van der Waals surface area contributed by atoms with Gasteiger partial charge in [0.2, 0.25) is 5.78 Å². The Bertz CT molecular complexity index is 903. The van der Waals surface area contributed by atoms with Gasteiger partial charge < -0.3 is 5.73 Å². The van der Waals surface area contributed by atoms with Crippen molar-refractivity contribution in [2.75, 3.05) is 5.73 Å². The van der Waals surface area contributed by atoms with Crippen molar-refractivity contribution in [3.8, 4) is 11.8 Å². The molecule has 1 aromatic heterocycles. The molecule has 0 amide bonds. The molecule has 0 fully saturated rings.